The Kier molecular flexibility index (Phi) is 11.6. The van der Waals surface area contributed by atoms with Crippen molar-refractivity contribution in [2.45, 2.75) is 65.0 Å². The third kappa shape index (κ3) is 9.07. The standard InChI is InChI=1S/C26H35F2N3O7/c1-5-37-22(33)10-9-20(26(36)38-6-2)30-25(35)23(14(3)4)31-21(32)13-29-24(34)17-12-16(17)15-7-8-18(27)19(28)11-15/h7-8,11,14,16-17,20,23H,5-6,9-10,12-13H2,1-4H3,(H,29,34)(H,30,35)(H,31,32)/t16-,17+,20-,23+/m1/s1. The van der Waals surface area contributed by atoms with Crippen LogP contribution in [0.5, 0.6) is 0 Å². The van der Waals surface area contributed by atoms with E-state index in [-0.39, 0.29) is 37.9 Å². The second-order valence-electron chi connectivity index (χ2n) is 9.29. The minimum absolute atomic E-state index is 0.0429. The van der Waals surface area contributed by atoms with Gasteiger partial charge in [-0.25, -0.2) is 13.6 Å². The number of carbonyl (C=O) groups is 5. The van der Waals surface area contributed by atoms with Crippen LogP contribution in [0, 0.1) is 23.5 Å². The summed E-state index contributed by atoms with van der Waals surface area (Å²) in [4.78, 5) is 61.9. The van der Waals surface area contributed by atoms with Gasteiger partial charge in [-0.3, -0.25) is 19.2 Å². The second-order valence-corrected chi connectivity index (χ2v) is 9.29. The molecule has 0 bridgehead atoms. The number of rotatable bonds is 14. The summed E-state index contributed by atoms with van der Waals surface area (Å²) < 4.78 is 36.4. The average Bonchev–Trinajstić information content (AvgIpc) is 3.66. The highest BCUT2D eigenvalue weighted by molar-refractivity contribution is 5.93. The lowest BCUT2D eigenvalue weighted by atomic mass is 10.0. The van der Waals surface area contributed by atoms with Crippen molar-refractivity contribution in [2.75, 3.05) is 19.8 Å². The van der Waals surface area contributed by atoms with Gasteiger partial charge in [-0.1, -0.05) is 19.9 Å². The molecule has 38 heavy (non-hydrogen) atoms. The van der Waals surface area contributed by atoms with Crippen LogP contribution in [0.2, 0.25) is 0 Å². The summed E-state index contributed by atoms with van der Waals surface area (Å²) in [6.45, 7) is 6.49. The molecule has 1 aliphatic rings. The van der Waals surface area contributed by atoms with Gasteiger partial charge in [0.25, 0.3) is 0 Å². The molecule has 2 rings (SSSR count). The fourth-order valence-corrected chi connectivity index (χ4v) is 3.90. The maximum Gasteiger partial charge on any atom is 0.328 e. The molecule has 1 fully saturated rings. The van der Waals surface area contributed by atoms with Crippen LogP contribution in [0.25, 0.3) is 0 Å². The van der Waals surface area contributed by atoms with Crippen molar-refractivity contribution < 1.29 is 42.2 Å². The van der Waals surface area contributed by atoms with Crippen LogP contribution in [-0.4, -0.2) is 61.5 Å². The Balaban J connectivity index is 1.90. The minimum Gasteiger partial charge on any atom is -0.466 e. The molecule has 1 aromatic rings. The summed E-state index contributed by atoms with van der Waals surface area (Å²) in [7, 11) is 0. The molecular formula is C26H35F2N3O7. The van der Waals surface area contributed by atoms with E-state index in [4.69, 9.17) is 9.47 Å². The molecule has 0 unspecified atom stereocenters. The largest absolute Gasteiger partial charge is 0.466 e. The first-order valence-electron chi connectivity index (χ1n) is 12.6. The molecule has 1 saturated carbocycles. The van der Waals surface area contributed by atoms with Gasteiger partial charge in [0.05, 0.1) is 19.8 Å². The van der Waals surface area contributed by atoms with Crippen molar-refractivity contribution in [1.82, 2.24) is 16.0 Å². The van der Waals surface area contributed by atoms with Gasteiger partial charge in [-0.2, -0.15) is 0 Å². The Labute approximate surface area is 220 Å². The lowest BCUT2D eigenvalue weighted by Gasteiger charge is -2.25. The van der Waals surface area contributed by atoms with Crippen LogP contribution >= 0.6 is 0 Å². The number of hydrogen-bond acceptors (Lipinski definition) is 7. The maximum absolute atomic E-state index is 13.5. The Bertz CT molecular complexity index is 1030. The molecule has 0 aromatic heterocycles. The lowest BCUT2D eigenvalue weighted by molar-refractivity contribution is -0.149. The molecular weight excluding hydrogens is 504 g/mol. The highest BCUT2D eigenvalue weighted by Gasteiger charge is 2.44. The number of nitrogens with one attached hydrogen (secondary N) is 3. The first-order chi connectivity index (χ1) is 18.0. The normalized spacial score (nSPS) is 17.7. The third-order valence-electron chi connectivity index (χ3n) is 6.02. The zero-order valence-corrected chi connectivity index (χ0v) is 22.0. The fraction of sp³-hybridized carbons (Fsp3) is 0.577. The first kappa shape index (κ1) is 30.7. The van der Waals surface area contributed by atoms with E-state index in [9.17, 15) is 32.8 Å². The third-order valence-corrected chi connectivity index (χ3v) is 6.02. The van der Waals surface area contributed by atoms with Crippen molar-refractivity contribution in [2.24, 2.45) is 11.8 Å². The number of esters is 2. The van der Waals surface area contributed by atoms with Gasteiger partial charge >= 0.3 is 11.9 Å². The van der Waals surface area contributed by atoms with Crippen molar-refractivity contribution in [3.63, 3.8) is 0 Å². The highest BCUT2D eigenvalue weighted by atomic mass is 19.2. The number of benzene rings is 1. The van der Waals surface area contributed by atoms with Gasteiger partial charge in [-0.05, 0) is 56.2 Å². The van der Waals surface area contributed by atoms with Crippen LogP contribution in [0.4, 0.5) is 8.78 Å². The summed E-state index contributed by atoms with van der Waals surface area (Å²) in [6.07, 6.45) is 0.282. The average molecular weight is 540 g/mol. The smallest absolute Gasteiger partial charge is 0.328 e. The summed E-state index contributed by atoms with van der Waals surface area (Å²) >= 11 is 0. The SMILES string of the molecule is CCOC(=O)CC[C@@H](NC(=O)[C@@H](NC(=O)CNC(=O)[C@H]1C[C@@H]1c1ccc(F)c(F)c1)C(C)C)C(=O)OCC. The minimum atomic E-state index is -1.12. The van der Waals surface area contributed by atoms with Crippen molar-refractivity contribution >= 4 is 29.7 Å². The highest BCUT2D eigenvalue weighted by Crippen LogP contribution is 2.47. The molecule has 1 aliphatic carbocycles. The fourth-order valence-electron chi connectivity index (χ4n) is 3.90. The molecule has 0 radical (unpaired) electrons. The van der Waals surface area contributed by atoms with Crippen LogP contribution in [-0.2, 0) is 33.4 Å². The van der Waals surface area contributed by atoms with Crippen LogP contribution in [0.3, 0.4) is 0 Å². The summed E-state index contributed by atoms with van der Waals surface area (Å²) in [6, 6.07) is 1.33. The number of carbonyl (C=O) groups excluding carboxylic acids is 5. The maximum atomic E-state index is 13.5. The number of hydrogen-bond donors (Lipinski definition) is 3. The van der Waals surface area contributed by atoms with Crippen molar-refractivity contribution in [3.05, 3.63) is 35.4 Å². The van der Waals surface area contributed by atoms with E-state index >= 15 is 0 Å². The van der Waals surface area contributed by atoms with E-state index in [1.165, 1.54) is 6.07 Å². The predicted molar refractivity (Wildman–Crippen MR) is 131 cm³/mol. The molecule has 210 valence electrons. The van der Waals surface area contributed by atoms with Crippen molar-refractivity contribution in [1.29, 1.82) is 0 Å². The molecule has 10 nitrogen and oxygen atoms in total. The summed E-state index contributed by atoms with van der Waals surface area (Å²) in [5, 5.41) is 7.58. The van der Waals surface area contributed by atoms with Gasteiger partial charge in [0.15, 0.2) is 11.6 Å². The number of halogens is 2. The van der Waals surface area contributed by atoms with Crippen molar-refractivity contribution in [3.8, 4) is 0 Å². The zero-order chi connectivity index (χ0) is 28.4. The quantitative estimate of drug-likeness (QED) is 0.306. The van der Waals surface area contributed by atoms with Gasteiger partial charge < -0.3 is 25.4 Å². The van der Waals surface area contributed by atoms with Gasteiger partial charge in [0, 0.05) is 12.3 Å². The molecule has 0 spiro atoms. The molecule has 1 aromatic carbocycles. The first-order valence-corrected chi connectivity index (χ1v) is 12.6. The Hall–Kier alpha value is -3.57. The van der Waals surface area contributed by atoms with E-state index in [0.717, 1.165) is 12.1 Å². The summed E-state index contributed by atoms with van der Waals surface area (Å²) in [5.74, 6) is -6.00. The topological polar surface area (TPSA) is 140 Å². The van der Waals surface area contributed by atoms with Crippen LogP contribution in [0.1, 0.15) is 58.4 Å². The van der Waals surface area contributed by atoms with E-state index < -0.39 is 65.8 Å². The van der Waals surface area contributed by atoms with Crippen LogP contribution < -0.4 is 16.0 Å². The monoisotopic (exact) mass is 539 g/mol. The van der Waals surface area contributed by atoms with Gasteiger partial charge in [-0.15, -0.1) is 0 Å². The van der Waals surface area contributed by atoms with E-state index in [0.29, 0.717) is 12.0 Å². The predicted octanol–water partition coefficient (Wildman–Crippen LogP) is 1.72. The summed E-state index contributed by atoms with van der Waals surface area (Å²) in [5.41, 5.74) is 0.504. The van der Waals surface area contributed by atoms with E-state index in [1.54, 1.807) is 27.7 Å². The molecule has 3 N–H and O–H groups in total. The van der Waals surface area contributed by atoms with Crippen LogP contribution in [0.15, 0.2) is 18.2 Å². The molecule has 3 amide bonds. The molecule has 4 atom stereocenters. The molecule has 12 heteroatoms. The Morgan fingerprint density at radius 2 is 1.68 bits per heavy atom. The number of ether oxygens (including phenoxy) is 2. The van der Waals surface area contributed by atoms with Gasteiger partial charge in [0.2, 0.25) is 17.7 Å². The van der Waals surface area contributed by atoms with Gasteiger partial charge in [0.1, 0.15) is 12.1 Å². The van der Waals surface area contributed by atoms with E-state index in [1.807, 2.05) is 0 Å². The Morgan fingerprint density at radius 1 is 1.00 bits per heavy atom. The molecule has 0 saturated heterocycles. The molecule has 0 heterocycles. The molecule has 0 aliphatic heterocycles. The zero-order valence-electron chi connectivity index (χ0n) is 22.0. The number of amides is 3. The Morgan fingerprint density at radius 3 is 2.29 bits per heavy atom. The second kappa shape index (κ2) is 14.4. The lowest BCUT2D eigenvalue weighted by Crippen LogP contribution is -2.55. The van der Waals surface area contributed by atoms with E-state index in [2.05, 4.69) is 16.0 Å².